The molecule has 0 amide bonds. The van der Waals surface area contributed by atoms with Crippen molar-refractivity contribution < 1.29 is 14.4 Å². The van der Waals surface area contributed by atoms with Gasteiger partial charge in [-0.05, 0) is 15.9 Å². The molecule has 0 atom stereocenters. The van der Waals surface area contributed by atoms with Crippen LogP contribution in [0.5, 0.6) is 0 Å². The third-order valence-electron chi connectivity index (χ3n) is 2.31. The second-order valence-corrected chi connectivity index (χ2v) is 4.80. The van der Waals surface area contributed by atoms with Gasteiger partial charge in [0.15, 0.2) is 6.61 Å². The standard InChI is InChI=1S/C11H13BrN4O3/c1-8(17)18-2-3-19-15-10-6-16(7-10)11-13-4-9(12)5-14-11/h4-5H,2-3,6-7H2,1H3. The average molecular weight is 329 g/mol. The van der Waals surface area contributed by atoms with E-state index in [0.717, 1.165) is 10.2 Å². The van der Waals surface area contributed by atoms with Gasteiger partial charge in [-0.15, -0.1) is 0 Å². The van der Waals surface area contributed by atoms with Crippen molar-refractivity contribution in [3.05, 3.63) is 16.9 Å². The second kappa shape index (κ2) is 6.46. The summed E-state index contributed by atoms with van der Waals surface area (Å²) in [6.07, 6.45) is 3.40. The summed E-state index contributed by atoms with van der Waals surface area (Å²) < 4.78 is 5.56. The van der Waals surface area contributed by atoms with Gasteiger partial charge in [-0.1, -0.05) is 5.16 Å². The van der Waals surface area contributed by atoms with Crippen LogP contribution in [0.25, 0.3) is 0 Å². The number of ether oxygens (including phenoxy) is 1. The third kappa shape index (κ3) is 4.16. The monoisotopic (exact) mass is 328 g/mol. The first kappa shape index (κ1) is 13.7. The van der Waals surface area contributed by atoms with E-state index in [1.807, 2.05) is 4.90 Å². The summed E-state index contributed by atoms with van der Waals surface area (Å²) >= 11 is 3.28. The Hall–Kier alpha value is -1.70. The van der Waals surface area contributed by atoms with Crippen molar-refractivity contribution in [3.63, 3.8) is 0 Å². The highest BCUT2D eigenvalue weighted by molar-refractivity contribution is 9.10. The van der Waals surface area contributed by atoms with E-state index >= 15 is 0 Å². The molecule has 2 rings (SSSR count). The summed E-state index contributed by atoms with van der Waals surface area (Å²) in [6, 6.07) is 0. The Bertz CT molecular complexity index is 469. The van der Waals surface area contributed by atoms with Crippen LogP contribution in [0.4, 0.5) is 5.95 Å². The highest BCUT2D eigenvalue weighted by atomic mass is 79.9. The van der Waals surface area contributed by atoms with E-state index in [4.69, 9.17) is 9.57 Å². The van der Waals surface area contributed by atoms with Crippen LogP contribution in [-0.4, -0.2) is 48.0 Å². The van der Waals surface area contributed by atoms with Crippen molar-refractivity contribution in [1.29, 1.82) is 0 Å². The van der Waals surface area contributed by atoms with Crippen molar-refractivity contribution >= 4 is 33.6 Å². The molecule has 0 aromatic carbocycles. The zero-order valence-corrected chi connectivity index (χ0v) is 12.0. The number of hydrogen-bond donors (Lipinski definition) is 0. The minimum atomic E-state index is -0.321. The molecule has 0 radical (unpaired) electrons. The van der Waals surface area contributed by atoms with Crippen LogP contribution in [0.3, 0.4) is 0 Å². The maximum absolute atomic E-state index is 10.5. The normalized spacial score (nSPS) is 13.8. The first-order valence-corrected chi connectivity index (χ1v) is 6.48. The molecule has 0 aliphatic carbocycles. The van der Waals surface area contributed by atoms with E-state index in [1.165, 1.54) is 6.92 Å². The first-order chi connectivity index (χ1) is 9.15. The molecule has 1 aliphatic heterocycles. The van der Waals surface area contributed by atoms with Crippen molar-refractivity contribution in [3.8, 4) is 0 Å². The van der Waals surface area contributed by atoms with Crippen LogP contribution >= 0.6 is 15.9 Å². The lowest BCUT2D eigenvalue weighted by Crippen LogP contribution is -2.48. The molecule has 8 heteroatoms. The quantitative estimate of drug-likeness (QED) is 0.456. The van der Waals surface area contributed by atoms with Crippen LogP contribution in [0, 0.1) is 0 Å². The molecule has 1 aliphatic rings. The van der Waals surface area contributed by atoms with Crippen molar-refractivity contribution in [2.24, 2.45) is 5.16 Å². The minimum absolute atomic E-state index is 0.214. The van der Waals surface area contributed by atoms with Gasteiger partial charge >= 0.3 is 5.97 Å². The number of oxime groups is 1. The first-order valence-electron chi connectivity index (χ1n) is 5.68. The summed E-state index contributed by atoms with van der Waals surface area (Å²) in [5.74, 6) is 0.348. The lowest BCUT2D eigenvalue weighted by atomic mass is 10.2. The molecule has 1 fully saturated rings. The molecule has 0 saturated carbocycles. The number of carbonyl (C=O) groups is 1. The molecular formula is C11H13BrN4O3. The highest BCUT2D eigenvalue weighted by Gasteiger charge is 2.24. The Kier molecular flexibility index (Phi) is 4.67. The zero-order valence-electron chi connectivity index (χ0n) is 10.4. The predicted molar refractivity (Wildman–Crippen MR) is 72.0 cm³/mol. The topological polar surface area (TPSA) is 76.9 Å². The molecule has 1 aromatic rings. The van der Waals surface area contributed by atoms with Crippen molar-refractivity contribution in [2.75, 3.05) is 31.2 Å². The lowest BCUT2D eigenvalue weighted by molar-refractivity contribution is -0.142. The second-order valence-electron chi connectivity index (χ2n) is 3.89. The Morgan fingerprint density at radius 3 is 2.74 bits per heavy atom. The van der Waals surface area contributed by atoms with E-state index in [1.54, 1.807) is 12.4 Å². The number of hydrogen-bond acceptors (Lipinski definition) is 7. The highest BCUT2D eigenvalue weighted by Crippen LogP contribution is 2.15. The Balaban J connectivity index is 1.68. The van der Waals surface area contributed by atoms with E-state index in [2.05, 4.69) is 31.1 Å². The largest absolute Gasteiger partial charge is 0.462 e. The molecule has 19 heavy (non-hydrogen) atoms. The average Bonchev–Trinajstić information content (AvgIpc) is 2.32. The van der Waals surface area contributed by atoms with Gasteiger partial charge in [0, 0.05) is 19.3 Å². The summed E-state index contributed by atoms with van der Waals surface area (Å²) in [4.78, 5) is 25.9. The van der Waals surface area contributed by atoms with Crippen LogP contribution in [-0.2, 0) is 14.4 Å². The summed E-state index contributed by atoms with van der Waals surface area (Å²) in [6.45, 7) is 3.13. The fourth-order valence-electron chi connectivity index (χ4n) is 1.42. The Labute approximate surface area is 118 Å². The van der Waals surface area contributed by atoms with Crippen molar-refractivity contribution in [1.82, 2.24) is 9.97 Å². The molecule has 1 aromatic heterocycles. The maximum atomic E-state index is 10.5. The van der Waals surface area contributed by atoms with Gasteiger partial charge in [0.1, 0.15) is 6.61 Å². The lowest BCUT2D eigenvalue weighted by Gasteiger charge is -2.31. The van der Waals surface area contributed by atoms with Crippen LogP contribution < -0.4 is 4.90 Å². The number of rotatable bonds is 5. The summed E-state index contributed by atoms with van der Waals surface area (Å²) in [7, 11) is 0. The van der Waals surface area contributed by atoms with E-state index in [-0.39, 0.29) is 19.2 Å². The van der Waals surface area contributed by atoms with E-state index < -0.39 is 0 Å². The number of halogens is 1. The zero-order chi connectivity index (χ0) is 13.7. The van der Waals surface area contributed by atoms with Gasteiger partial charge < -0.3 is 14.5 Å². The van der Waals surface area contributed by atoms with Gasteiger partial charge in [-0.25, -0.2) is 9.97 Å². The molecule has 102 valence electrons. The Morgan fingerprint density at radius 2 is 2.11 bits per heavy atom. The van der Waals surface area contributed by atoms with Gasteiger partial charge in [-0.3, -0.25) is 4.79 Å². The summed E-state index contributed by atoms with van der Waals surface area (Å²) in [5, 5.41) is 3.94. The number of nitrogens with zero attached hydrogens (tertiary/aromatic N) is 4. The van der Waals surface area contributed by atoms with Crippen LogP contribution in [0.15, 0.2) is 22.0 Å². The molecule has 0 N–H and O–H groups in total. The molecular weight excluding hydrogens is 316 g/mol. The number of carbonyl (C=O) groups excluding carboxylic acids is 1. The predicted octanol–water partition coefficient (Wildman–Crippen LogP) is 0.995. The number of anilines is 1. The fourth-order valence-corrected chi connectivity index (χ4v) is 1.63. The molecule has 0 unspecified atom stereocenters. The van der Waals surface area contributed by atoms with Gasteiger partial charge in [0.25, 0.3) is 0 Å². The fraction of sp³-hybridized carbons (Fsp3) is 0.455. The van der Waals surface area contributed by atoms with E-state index in [9.17, 15) is 4.79 Å². The third-order valence-corrected chi connectivity index (χ3v) is 2.72. The molecule has 1 saturated heterocycles. The van der Waals surface area contributed by atoms with Gasteiger partial charge in [0.2, 0.25) is 5.95 Å². The maximum Gasteiger partial charge on any atom is 0.302 e. The van der Waals surface area contributed by atoms with E-state index in [0.29, 0.717) is 19.0 Å². The minimum Gasteiger partial charge on any atom is -0.462 e. The van der Waals surface area contributed by atoms with Crippen LogP contribution in [0.2, 0.25) is 0 Å². The smallest absolute Gasteiger partial charge is 0.302 e. The van der Waals surface area contributed by atoms with Gasteiger partial charge in [-0.2, -0.15) is 0 Å². The van der Waals surface area contributed by atoms with Crippen LogP contribution in [0.1, 0.15) is 6.92 Å². The number of esters is 1. The molecule has 0 bridgehead atoms. The Morgan fingerprint density at radius 1 is 1.42 bits per heavy atom. The molecule has 7 nitrogen and oxygen atoms in total. The van der Waals surface area contributed by atoms with Gasteiger partial charge in [0.05, 0.1) is 23.3 Å². The summed E-state index contributed by atoms with van der Waals surface area (Å²) in [5.41, 5.74) is 0.911. The molecule has 0 spiro atoms. The number of aromatic nitrogens is 2. The SMILES string of the molecule is CC(=O)OCCON=C1CN(c2ncc(Br)cn2)C1. The molecule has 2 heterocycles. The van der Waals surface area contributed by atoms with Crippen molar-refractivity contribution in [2.45, 2.75) is 6.92 Å².